The highest BCUT2D eigenvalue weighted by molar-refractivity contribution is 7.88. The Kier molecular flexibility index (Phi) is 4.51. The van der Waals surface area contributed by atoms with Gasteiger partial charge in [-0.3, -0.25) is 4.90 Å². The Hall–Kier alpha value is -0.170. The molecule has 1 N–H and O–H groups in total. The molecule has 1 saturated heterocycles. The second kappa shape index (κ2) is 5.25. The normalized spacial score (nSPS) is 21.1. The number of sulfonamides is 1. The van der Waals surface area contributed by atoms with Gasteiger partial charge >= 0.3 is 0 Å². The van der Waals surface area contributed by atoms with Gasteiger partial charge in [0.25, 0.3) is 0 Å². The van der Waals surface area contributed by atoms with Crippen LogP contribution >= 0.6 is 0 Å². The fourth-order valence-corrected chi connectivity index (χ4v) is 2.69. The van der Waals surface area contributed by atoms with Crippen molar-refractivity contribution in [3.63, 3.8) is 0 Å². The predicted octanol–water partition coefficient (Wildman–Crippen LogP) is -0.481. The van der Waals surface area contributed by atoms with Crippen molar-refractivity contribution in [3.8, 4) is 0 Å². The van der Waals surface area contributed by atoms with Crippen LogP contribution in [-0.4, -0.2) is 63.8 Å². The summed E-state index contributed by atoms with van der Waals surface area (Å²) >= 11 is 0. The van der Waals surface area contributed by atoms with E-state index in [-0.39, 0.29) is 6.04 Å². The molecule has 0 bridgehead atoms. The minimum absolute atomic E-state index is 0.174. The third-order valence-electron chi connectivity index (χ3n) is 2.98. The lowest BCUT2D eigenvalue weighted by Crippen LogP contribution is -2.47. The Morgan fingerprint density at radius 3 is 2.33 bits per heavy atom. The van der Waals surface area contributed by atoms with E-state index in [0.29, 0.717) is 0 Å². The maximum atomic E-state index is 11.3. The minimum atomic E-state index is -3.03. The van der Waals surface area contributed by atoms with E-state index in [1.807, 2.05) is 7.05 Å². The molecule has 0 aromatic carbocycles. The molecule has 90 valence electrons. The van der Waals surface area contributed by atoms with Crippen molar-refractivity contribution in [1.82, 2.24) is 14.5 Å². The first-order chi connectivity index (χ1) is 6.95. The molecule has 0 aromatic rings. The molecule has 1 heterocycles. The largest absolute Gasteiger partial charge is 0.307 e. The summed E-state index contributed by atoms with van der Waals surface area (Å²) in [5.41, 5.74) is 0. The van der Waals surface area contributed by atoms with Gasteiger partial charge in [-0.25, -0.2) is 12.7 Å². The van der Waals surface area contributed by atoms with Gasteiger partial charge in [0.15, 0.2) is 0 Å². The zero-order valence-corrected chi connectivity index (χ0v) is 10.5. The number of nitrogens with zero attached hydrogens (tertiary/aromatic N) is 2. The van der Waals surface area contributed by atoms with Crippen LogP contribution in [-0.2, 0) is 10.0 Å². The molecule has 1 aliphatic rings. The maximum Gasteiger partial charge on any atom is 0.211 e. The molecule has 5 nitrogen and oxygen atoms in total. The number of nitrogens with one attached hydrogen (secondary N) is 1. The summed E-state index contributed by atoms with van der Waals surface area (Å²) in [6, 6.07) is 0.174. The Bertz CT molecular complexity index is 284. The molecule has 1 aliphatic heterocycles. The first-order valence-corrected chi connectivity index (χ1v) is 7.10. The van der Waals surface area contributed by atoms with Crippen LogP contribution in [0.2, 0.25) is 0 Å². The predicted molar refractivity (Wildman–Crippen MR) is 61.1 cm³/mol. The smallest absolute Gasteiger partial charge is 0.211 e. The SMILES string of the molecule is CNCN1CCC(N(C)S(C)(=O)=O)CC1. The van der Waals surface area contributed by atoms with Crippen molar-refractivity contribution in [2.45, 2.75) is 18.9 Å². The first kappa shape index (κ1) is 12.9. The van der Waals surface area contributed by atoms with Gasteiger partial charge in [-0.2, -0.15) is 0 Å². The van der Waals surface area contributed by atoms with Crippen LogP contribution in [0.1, 0.15) is 12.8 Å². The number of hydrogen-bond acceptors (Lipinski definition) is 4. The fourth-order valence-electron chi connectivity index (χ4n) is 1.94. The second-order valence-corrected chi connectivity index (χ2v) is 6.18. The van der Waals surface area contributed by atoms with Gasteiger partial charge in [0.05, 0.1) is 6.26 Å². The molecule has 0 saturated carbocycles. The van der Waals surface area contributed by atoms with E-state index in [2.05, 4.69) is 10.2 Å². The van der Waals surface area contributed by atoms with Crippen LogP contribution in [0.5, 0.6) is 0 Å². The Morgan fingerprint density at radius 1 is 1.40 bits per heavy atom. The van der Waals surface area contributed by atoms with Gasteiger partial charge in [-0.1, -0.05) is 0 Å². The topological polar surface area (TPSA) is 52.6 Å². The van der Waals surface area contributed by atoms with Crippen molar-refractivity contribution >= 4 is 10.0 Å². The first-order valence-electron chi connectivity index (χ1n) is 5.25. The zero-order chi connectivity index (χ0) is 11.5. The van der Waals surface area contributed by atoms with Gasteiger partial charge in [0, 0.05) is 32.8 Å². The maximum absolute atomic E-state index is 11.3. The van der Waals surface area contributed by atoms with Gasteiger partial charge in [0.2, 0.25) is 10.0 Å². The highest BCUT2D eigenvalue weighted by atomic mass is 32.2. The molecule has 0 atom stereocenters. The third kappa shape index (κ3) is 3.71. The molecule has 0 amide bonds. The summed E-state index contributed by atoms with van der Waals surface area (Å²) in [5, 5.41) is 3.11. The minimum Gasteiger partial charge on any atom is -0.307 e. The molecule has 0 spiro atoms. The van der Waals surface area contributed by atoms with Crippen LogP contribution < -0.4 is 5.32 Å². The van der Waals surface area contributed by atoms with Crippen molar-refractivity contribution in [1.29, 1.82) is 0 Å². The summed E-state index contributed by atoms with van der Waals surface area (Å²) in [7, 11) is 0.567. The molecular formula is C9H21N3O2S. The second-order valence-electron chi connectivity index (χ2n) is 4.14. The number of likely N-dealkylation sites (tertiary alicyclic amines) is 1. The fraction of sp³-hybridized carbons (Fsp3) is 1.00. The molecule has 0 radical (unpaired) electrons. The quantitative estimate of drug-likeness (QED) is 0.715. The molecule has 0 aliphatic carbocycles. The van der Waals surface area contributed by atoms with Crippen molar-refractivity contribution in [2.75, 3.05) is 40.1 Å². The monoisotopic (exact) mass is 235 g/mol. The van der Waals surface area contributed by atoms with E-state index < -0.39 is 10.0 Å². The van der Waals surface area contributed by atoms with E-state index in [9.17, 15) is 8.42 Å². The van der Waals surface area contributed by atoms with E-state index in [4.69, 9.17) is 0 Å². The summed E-state index contributed by atoms with van der Waals surface area (Å²) in [4.78, 5) is 2.30. The van der Waals surface area contributed by atoms with Gasteiger partial charge in [0.1, 0.15) is 0 Å². The number of rotatable bonds is 4. The number of piperidine rings is 1. The van der Waals surface area contributed by atoms with Crippen LogP contribution in [0.15, 0.2) is 0 Å². The van der Waals surface area contributed by atoms with Crippen LogP contribution in [0.25, 0.3) is 0 Å². The highest BCUT2D eigenvalue weighted by Gasteiger charge is 2.26. The molecular weight excluding hydrogens is 214 g/mol. The van der Waals surface area contributed by atoms with Crippen LogP contribution in [0, 0.1) is 0 Å². The van der Waals surface area contributed by atoms with Crippen molar-refractivity contribution in [3.05, 3.63) is 0 Å². The molecule has 15 heavy (non-hydrogen) atoms. The van der Waals surface area contributed by atoms with Crippen LogP contribution in [0.3, 0.4) is 0 Å². The molecule has 6 heteroatoms. The summed E-state index contributed by atoms with van der Waals surface area (Å²) in [6.07, 6.45) is 3.11. The van der Waals surface area contributed by atoms with E-state index in [1.54, 1.807) is 7.05 Å². The van der Waals surface area contributed by atoms with E-state index in [0.717, 1.165) is 32.6 Å². The van der Waals surface area contributed by atoms with Crippen molar-refractivity contribution in [2.24, 2.45) is 0 Å². The average molecular weight is 235 g/mol. The van der Waals surface area contributed by atoms with Gasteiger partial charge in [-0.15, -0.1) is 0 Å². The van der Waals surface area contributed by atoms with E-state index in [1.165, 1.54) is 10.6 Å². The lowest BCUT2D eigenvalue weighted by atomic mass is 10.1. The summed E-state index contributed by atoms with van der Waals surface area (Å²) in [6.45, 7) is 2.81. The summed E-state index contributed by atoms with van der Waals surface area (Å²) in [5.74, 6) is 0. The number of hydrogen-bond donors (Lipinski definition) is 1. The Balaban J connectivity index is 2.44. The Labute approximate surface area is 92.5 Å². The molecule has 0 aromatic heterocycles. The van der Waals surface area contributed by atoms with Gasteiger partial charge in [-0.05, 0) is 19.9 Å². The van der Waals surface area contributed by atoms with Crippen molar-refractivity contribution < 1.29 is 8.42 Å². The summed E-state index contributed by atoms with van der Waals surface area (Å²) < 4.78 is 24.2. The standard InChI is InChI=1S/C9H21N3O2S/c1-10-8-12-6-4-9(5-7-12)11(2)15(3,13)14/h9-10H,4-8H2,1-3H3. The highest BCUT2D eigenvalue weighted by Crippen LogP contribution is 2.16. The molecule has 1 rings (SSSR count). The molecule has 0 unspecified atom stereocenters. The van der Waals surface area contributed by atoms with E-state index >= 15 is 0 Å². The van der Waals surface area contributed by atoms with Gasteiger partial charge < -0.3 is 5.32 Å². The lowest BCUT2D eigenvalue weighted by Gasteiger charge is -2.35. The average Bonchev–Trinajstić information content (AvgIpc) is 2.17. The molecule has 1 fully saturated rings. The van der Waals surface area contributed by atoms with Crippen LogP contribution in [0.4, 0.5) is 0 Å². The lowest BCUT2D eigenvalue weighted by molar-refractivity contribution is 0.164. The Morgan fingerprint density at radius 2 is 1.93 bits per heavy atom. The third-order valence-corrected chi connectivity index (χ3v) is 4.32. The zero-order valence-electron chi connectivity index (χ0n) is 9.73.